The first-order valence-corrected chi connectivity index (χ1v) is 14.0. The molecule has 0 saturated heterocycles. The fourth-order valence-electron chi connectivity index (χ4n) is 8.93. The minimum Gasteiger partial charge on any atom is -0.469 e. The largest absolute Gasteiger partial charge is 0.469 e. The molecule has 4 heteroatoms. The summed E-state index contributed by atoms with van der Waals surface area (Å²) in [6.07, 6.45) is 9.55. The fourth-order valence-corrected chi connectivity index (χ4v) is 8.93. The standard InChI is InChI=1S/C31H46O4/c1-18(20(3)29(34)35-7)11-12-19(2)23-9-8-10-25-22-13-14-24-21(4)26(32)15-16-30(24,5)28(22)27(33)17-31(23,25)6/h19-21,23-25H,1,8-17H2,2-7H3. The molecule has 0 N–H and O–H groups in total. The second kappa shape index (κ2) is 9.63. The molecule has 0 amide bonds. The molecule has 4 rings (SSSR count). The third-order valence-electron chi connectivity index (χ3n) is 11.1. The highest BCUT2D eigenvalue weighted by Crippen LogP contribution is 2.64. The van der Waals surface area contributed by atoms with Crippen molar-refractivity contribution < 1.29 is 19.1 Å². The van der Waals surface area contributed by atoms with E-state index < -0.39 is 0 Å². The highest BCUT2D eigenvalue weighted by molar-refractivity contribution is 6.00. The quantitative estimate of drug-likeness (QED) is 0.306. The smallest absolute Gasteiger partial charge is 0.312 e. The first-order chi connectivity index (χ1) is 16.5. The van der Waals surface area contributed by atoms with Crippen molar-refractivity contribution in [1.29, 1.82) is 0 Å². The van der Waals surface area contributed by atoms with E-state index in [1.165, 1.54) is 31.9 Å². The molecule has 0 aromatic rings. The van der Waals surface area contributed by atoms with Gasteiger partial charge in [-0.1, -0.05) is 51.8 Å². The lowest BCUT2D eigenvalue weighted by atomic mass is 9.45. The molecule has 4 aliphatic rings. The van der Waals surface area contributed by atoms with Gasteiger partial charge < -0.3 is 4.74 Å². The number of ketones is 2. The molecule has 2 fully saturated rings. The predicted molar refractivity (Wildman–Crippen MR) is 139 cm³/mol. The third-order valence-corrected chi connectivity index (χ3v) is 11.1. The van der Waals surface area contributed by atoms with E-state index in [1.54, 1.807) is 0 Å². The Kier molecular flexibility index (Phi) is 7.25. The van der Waals surface area contributed by atoms with Crippen molar-refractivity contribution in [1.82, 2.24) is 0 Å². The summed E-state index contributed by atoms with van der Waals surface area (Å²) in [7, 11) is 1.43. The minimum atomic E-state index is -0.272. The van der Waals surface area contributed by atoms with Crippen LogP contribution in [-0.4, -0.2) is 24.6 Å². The molecule has 4 aliphatic carbocycles. The molecule has 0 aromatic heterocycles. The van der Waals surface area contributed by atoms with Crippen molar-refractivity contribution >= 4 is 17.5 Å². The van der Waals surface area contributed by atoms with E-state index in [4.69, 9.17) is 4.74 Å². The summed E-state index contributed by atoms with van der Waals surface area (Å²) in [4.78, 5) is 38.4. The van der Waals surface area contributed by atoms with Gasteiger partial charge in [-0.15, -0.1) is 0 Å². The predicted octanol–water partition coefficient (Wildman–Crippen LogP) is 6.88. The molecular weight excluding hydrogens is 436 g/mol. The molecule has 0 aromatic carbocycles. The Bertz CT molecular complexity index is 944. The number of esters is 1. The molecule has 0 heterocycles. The van der Waals surface area contributed by atoms with E-state index in [-0.39, 0.29) is 28.6 Å². The Hall–Kier alpha value is -1.71. The fraction of sp³-hybridized carbons (Fsp3) is 0.774. The van der Waals surface area contributed by atoms with Crippen LogP contribution in [0.2, 0.25) is 0 Å². The van der Waals surface area contributed by atoms with Gasteiger partial charge in [0.2, 0.25) is 0 Å². The maximum atomic E-state index is 14.0. The molecule has 4 nitrogen and oxygen atoms in total. The van der Waals surface area contributed by atoms with Gasteiger partial charge in [-0.05, 0) is 86.4 Å². The molecule has 8 unspecified atom stereocenters. The molecule has 0 spiro atoms. The number of carbonyl (C=O) groups is 3. The second-order valence-electron chi connectivity index (χ2n) is 12.8. The van der Waals surface area contributed by atoms with Crippen LogP contribution in [0.4, 0.5) is 0 Å². The van der Waals surface area contributed by atoms with Crippen LogP contribution in [0.3, 0.4) is 0 Å². The van der Waals surface area contributed by atoms with Crippen LogP contribution >= 0.6 is 0 Å². The van der Waals surface area contributed by atoms with Crippen molar-refractivity contribution in [3.05, 3.63) is 23.3 Å². The zero-order valence-electron chi connectivity index (χ0n) is 22.9. The van der Waals surface area contributed by atoms with Crippen molar-refractivity contribution in [3.8, 4) is 0 Å². The van der Waals surface area contributed by atoms with E-state index in [2.05, 4.69) is 34.3 Å². The van der Waals surface area contributed by atoms with E-state index in [0.717, 1.165) is 43.3 Å². The van der Waals surface area contributed by atoms with E-state index in [1.807, 2.05) is 6.92 Å². The first kappa shape index (κ1) is 26.4. The molecule has 0 aliphatic heterocycles. The molecule has 0 radical (unpaired) electrons. The molecule has 35 heavy (non-hydrogen) atoms. The highest BCUT2D eigenvalue weighted by atomic mass is 16.5. The van der Waals surface area contributed by atoms with Gasteiger partial charge in [-0.2, -0.15) is 0 Å². The van der Waals surface area contributed by atoms with Gasteiger partial charge in [-0.3, -0.25) is 14.4 Å². The topological polar surface area (TPSA) is 60.4 Å². The number of hydrogen-bond donors (Lipinski definition) is 0. The first-order valence-electron chi connectivity index (χ1n) is 14.0. The summed E-state index contributed by atoms with van der Waals surface area (Å²) < 4.78 is 4.90. The summed E-state index contributed by atoms with van der Waals surface area (Å²) in [5.41, 5.74) is 3.42. The number of carbonyl (C=O) groups excluding carboxylic acids is 3. The normalized spacial score (nSPS) is 38.7. The van der Waals surface area contributed by atoms with Crippen molar-refractivity contribution in [3.63, 3.8) is 0 Å². The van der Waals surface area contributed by atoms with Crippen molar-refractivity contribution in [2.75, 3.05) is 7.11 Å². The third kappa shape index (κ3) is 4.27. The average Bonchev–Trinajstić information content (AvgIpc) is 2.82. The summed E-state index contributed by atoms with van der Waals surface area (Å²) >= 11 is 0. The summed E-state index contributed by atoms with van der Waals surface area (Å²) in [6, 6.07) is 0. The summed E-state index contributed by atoms with van der Waals surface area (Å²) in [5, 5.41) is 0. The second-order valence-corrected chi connectivity index (χ2v) is 12.8. The van der Waals surface area contributed by atoms with Crippen molar-refractivity contribution in [2.45, 2.75) is 98.8 Å². The van der Waals surface area contributed by atoms with Crippen LogP contribution in [0.15, 0.2) is 23.3 Å². The maximum absolute atomic E-state index is 14.0. The van der Waals surface area contributed by atoms with E-state index in [0.29, 0.717) is 48.1 Å². The molecule has 8 atom stereocenters. The van der Waals surface area contributed by atoms with Crippen LogP contribution in [0.25, 0.3) is 0 Å². The molecular formula is C31H46O4. The zero-order valence-corrected chi connectivity index (χ0v) is 22.9. The number of fused-ring (bicyclic) bond motifs is 4. The van der Waals surface area contributed by atoms with Crippen molar-refractivity contribution in [2.24, 2.45) is 46.3 Å². The Morgan fingerprint density at radius 1 is 1.14 bits per heavy atom. The zero-order chi connectivity index (χ0) is 25.7. The lowest BCUT2D eigenvalue weighted by molar-refractivity contribution is -0.143. The van der Waals surface area contributed by atoms with Gasteiger partial charge >= 0.3 is 5.97 Å². The Morgan fingerprint density at radius 2 is 1.86 bits per heavy atom. The van der Waals surface area contributed by atoms with Gasteiger partial charge in [-0.25, -0.2) is 0 Å². The molecule has 0 bridgehead atoms. The average molecular weight is 483 g/mol. The van der Waals surface area contributed by atoms with Crippen LogP contribution in [-0.2, 0) is 19.1 Å². The van der Waals surface area contributed by atoms with Crippen LogP contribution in [0, 0.1) is 46.3 Å². The van der Waals surface area contributed by atoms with Gasteiger partial charge in [0.15, 0.2) is 5.78 Å². The monoisotopic (exact) mass is 482 g/mol. The SMILES string of the molecule is C=C(CCC(C)C1CCCC2C3=C(C(=O)CC21C)C1(C)CCC(=O)C(C)C1CC3)C(C)C(=O)OC. The molecule has 2 saturated carbocycles. The van der Waals surface area contributed by atoms with E-state index >= 15 is 0 Å². The van der Waals surface area contributed by atoms with Gasteiger partial charge in [0.05, 0.1) is 13.0 Å². The number of allylic oxidation sites excluding steroid dienone is 2. The van der Waals surface area contributed by atoms with Gasteiger partial charge in [0, 0.05) is 24.3 Å². The van der Waals surface area contributed by atoms with Gasteiger partial charge in [0.1, 0.15) is 5.78 Å². The number of ether oxygens (including phenoxy) is 1. The van der Waals surface area contributed by atoms with Gasteiger partial charge in [0.25, 0.3) is 0 Å². The lowest BCUT2D eigenvalue weighted by Gasteiger charge is -2.58. The van der Waals surface area contributed by atoms with E-state index in [9.17, 15) is 14.4 Å². The Labute approximate surface area is 212 Å². The Balaban J connectivity index is 1.57. The van der Waals surface area contributed by atoms with Crippen LogP contribution < -0.4 is 0 Å². The minimum absolute atomic E-state index is 0.00216. The lowest BCUT2D eigenvalue weighted by Crippen LogP contribution is -2.53. The number of hydrogen-bond acceptors (Lipinski definition) is 4. The molecule has 194 valence electrons. The number of rotatable bonds is 6. The number of methoxy groups -OCH3 is 1. The number of Topliss-reactive ketones (excluding diaryl/α,β-unsaturated/α-hetero) is 2. The maximum Gasteiger partial charge on any atom is 0.312 e. The van der Waals surface area contributed by atoms with Crippen LogP contribution in [0.1, 0.15) is 98.8 Å². The highest BCUT2D eigenvalue weighted by Gasteiger charge is 2.58. The summed E-state index contributed by atoms with van der Waals surface area (Å²) in [5.74, 6) is 2.12. The van der Waals surface area contributed by atoms with Crippen LogP contribution in [0.5, 0.6) is 0 Å². The Morgan fingerprint density at radius 3 is 2.54 bits per heavy atom. The summed E-state index contributed by atoms with van der Waals surface area (Å²) in [6.45, 7) is 15.2.